The van der Waals surface area contributed by atoms with Gasteiger partial charge in [0.1, 0.15) is 22.7 Å². The van der Waals surface area contributed by atoms with Crippen molar-refractivity contribution in [3.8, 4) is 11.8 Å². The topological polar surface area (TPSA) is 91.7 Å². The fourth-order valence-electron chi connectivity index (χ4n) is 2.15. The predicted octanol–water partition coefficient (Wildman–Crippen LogP) is 2.58. The van der Waals surface area contributed by atoms with E-state index >= 15 is 0 Å². The van der Waals surface area contributed by atoms with Crippen LogP contribution in [0.2, 0.25) is 5.15 Å². The van der Waals surface area contributed by atoms with Gasteiger partial charge in [-0.05, 0) is 18.9 Å². The van der Waals surface area contributed by atoms with Crippen LogP contribution in [0.25, 0.3) is 11.0 Å². The molecule has 0 atom stereocenters. The van der Waals surface area contributed by atoms with E-state index in [1.54, 1.807) is 18.2 Å². The first-order valence-corrected chi connectivity index (χ1v) is 6.89. The number of pyridine rings is 1. The summed E-state index contributed by atoms with van der Waals surface area (Å²) in [6.07, 6.45) is 3.59. The quantitative estimate of drug-likeness (QED) is 0.748. The molecule has 7 nitrogen and oxygen atoms in total. The predicted molar refractivity (Wildman–Crippen MR) is 77.3 cm³/mol. The van der Waals surface area contributed by atoms with E-state index < -0.39 is 0 Å². The van der Waals surface area contributed by atoms with Crippen molar-refractivity contribution in [3.63, 3.8) is 0 Å². The normalized spacial score (nSPS) is 14.5. The lowest BCUT2D eigenvalue weighted by atomic mass is 10.4. The van der Waals surface area contributed by atoms with Crippen molar-refractivity contribution < 1.29 is 4.74 Å². The number of nitrogens with zero attached hydrogens (tertiary/aromatic N) is 5. The summed E-state index contributed by atoms with van der Waals surface area (Å²) in [5, 5.41) is 5.42. The van der Waals surface area contributed by atoms with Crippen molar-refractivity contribution in [1.82, 2.24) is 24.7 Å². The van der Waals surface area contributed by atoms with E-state index in [2.05, 4.69) is 20.1 Å². The third-order valence-electron chi connectivity index (χ3n) is 3.27. The van der Waals surface area contributed by atoms with E-state index in [0.717, 1.165) is 12.8 Å². The number of halogens is 1. The fourth-order valence-corrected chi connectivity index (χ4v) is 2.31. The molecule has 1 aliphatic carbocycles. The summed E-state index contributed by atoms with van der Waals surface area (Å²) in [6.45, 7) is 0. The SMILES string of the molecule is Nc1ncnc2c1c(Oc1cccc(Cl)n1)nn2C1CC1. The molecule has 0 saturated heterocycles. The zero-order chi connectivity index (χ0) is 14.4. The molecule has 0 bridgehead atoms. The van der Waals surface area contributed by atoms with Crippen molar-refractivity contribution in [2.24, 2.45) is 0 Å². The largest absolute Gasteiger partial charge is 0.418 e. The standard InChI is InChI=1S/C13H11ClN6O/c14-8-2-1-3-9(18-8)21-13-10-11(15)16-6-17-12(10)20(19-13)7-4-5-7/h1-3,6-7H,4-5H2,(H2,15,16,17). The van der Waals surface area contributed by atoms with Crippen LogP contribution in [-0.4, -0.2) is 24.7 Å². The van der Waals surface area contributed by atoms with Crippen LogP contribution < -0.4 is 10.5 Å². The highest BCUT2D eigenvalue weighted by atomic mass is 35.5. The van der Waals surface area contributed by atoms with Gasteiger partial charge in [0.25, 0.3) is 5.88 Å². The maximum absolute atomic E-state index is 5.94. The number of hydrogen-bond donors (Lipinski definition) is 1. The van der Waals surface area contributed by atoms with Gasteiger partial charge in [-0.3, -0.25) is 0 Å². The number of fused-ring (bicyclic) bond motifs is 1. The fraction of sp³-hybridized carbons (Fsp3) is 0.231. The summed E-state index contributed by atoms with van der Waals surface area (Å²) >= 11 is 5.86. The summed E-state index contributed by atoms with van der Waals surface area (Å²) < 4.78 is 7.56. The monoisotopic (exact) mass is 302 g/mol. The van der Waals surface area contributed by atoms with Gasteiger partial charge in [-0.1, -0.05) is 17.7 Å². The maximum Gasteiger partial charge on any atom is 0.253 e. The zero-order valence-electron chi connectivity index (χ0n) is 10.9. The molecule has 0 amide bonds. The van der Waals surface area contributed by atoms with Crippen LogP contribution in [-0.2, 0) is 0 Å². The van der Waals surface area contributed by atoms with Gasteiger partial charge in [-0.15, -0.1) is 5.10 Å². The van der Waals surface area contributed by atoms with Crippen molar-refractivity contribution >= 4 is 28.5 Å². The Balaban J connectivity index is 1.84. The molecule has 3 heterocycles. The highest BCUT2D eigenvalue weighted by Crippen LogP contribution is 2.40. The summed E-state index contributed by atoms with van der Waals surface area (Å²) in [7, 11) is 0. The van der Waals surface area contributed by atoms with Gasteiger partial charge in [0, 0.05) is 6.07 Å². The lowest BCUT2D eigenvalue weighted by molar-refractivity contribution is 0.436. The number of ether oxygens (including phenoxy) is 1. The molecule has 3 aromatic heterocycles. The Morgan fingerprint density at radius 2 is 2.14 bits per heavy atom. The van der Waals surface area contributed by atoms with Crippen LogP contribution in [0.15, 0.2) is 24.5 Å². The molecular weight excluding hydrogens is 292 g/mol. The molecule has 0 aliphatic heterocycles. The lowest BCUT2D eigenvalue weighted by Crippen LogP contribution is -1.98. The van der Waals surface area contributed by atoms with E-state index in [9.17, 15) is 0 Å². The summed E-state index contributed by atoms with van der Waals surface area (Å²) in [5.74, 6) is 1.04. The summed E-state index contributed by atoms with van der Waals surface area (Å²) in [4.78, 5) is 12.4. The van der Waals surface area contributed by atoms with Crippen LogP contribution in [0, 0.1) is 0 Å². The maximum atomic E-state index is 5.94. The van der Waals surface area contributed by atoms with Crippen molar-refractivity contribution in [2.75, 3.05) is 5.73 Å². The first kappa shape index (κ1) is 12.3. The van der Waals surface area contributed by atoms with Crippen LogP contribution in [0.1, 0.15) is 18.9 Å². The van der Waals surface area contributed by atoms with Gasteiger partial charge in [0.15, 0.2) is 5.65 Å². The molecule has 0 spiro atoms. The molecule has 8 heteroatoms. The Morgan fingerprint density at radius 3 is 2.90 bits per heavy atom. The first-order chi connectivity index (χ1) is 10.2. The number of aromatic nitrogens is 5. The molecule has 0 aromatic carbocycles. The van der Waals surface area contributed by atoms with Crippen LogP contribution in [0.4, 0.5) is 5.82 Å². The van der Waals surface area contributed by atoms with Gasteiger partial charge in [0.05, 0.1) is 6.04 Å². The molecular formula is C13H11ClN6O. The van der Waals surface area contributed by atoms with Crippen molar-refractivity contribution in [1.29, 1.82) is 0 Å². The van der Waals surface area contributed by atoms with E-state index in [1.165, 1.54) is 6.33 Å². The Hall–Kier alpha value is -2.41. The molecule has 0 radical (unpaired) electrons. The number of anilines is 1. The number of hydrogen-bond acceptors (Lipinski definition) is 6. The molecule has 106 valence electrons. The Morgan fingerprint density at radius 1 is 1.29 bits per heavy atom. The van der Waals surface area contributed by atoms with Gasteiger partial charge < -0.3 is 10.5 Å². The molecule has 1 fully saturated rings. The van der Waals surface area contributed by atoms with Crippen LogP contribution >= 0.6 is 11.6 Å². The van der Waals surface area contributed by atoms with E-state index in [-0.39, 0.29) is 0 Å². The van der Waals surface area contributed by atoms with Crippen molar-refractivity contribution in [3.05, 3.63) is 29.7 Å². The molecule has 2 N–H and O–H groups in total. The number of rotatable bonds is 3. The molecule has 0 unspecified atom stereocenters. The second-order valence-electron chi connectivity index (χ2n) is 4.84. The average molecular weight is 303 g/mol. The van der Waals surface area contributed by atoms with Gasteiger partial charge in [-0.2, -0.15) is 0 Å². The zero-order valence-corrected chi connectivity index (χ0v) is 11.7. The Labute approximate surface area is 124 Å². The second kappa shape index (κ2) is 4.56. The highest BCUT2D eigenvalue weighted by molar-refractivity contribution is 6.29. The molecule has 1 aliphatic rings. The minimum atomic E-state index is 0.337. The summed E-state index contributed by atoms with van der Waals surface area (Å²) in [5.41, 5.74) is 6.63. The molecule has 4 rings (SSSR count). The van der Waals surface area contributed by atoms with Crippen molar-refractivity contribution in [2.45, 2.75) is 18.9 Å². The smallest absolute Gasteiger partial charge is 0.253 e. The molecule has 1 saturated carbocycles. The van der Waals surface area contributed by atoms with Gasteiger partial charge in [0.2, 0.25) is 5.88 Å². The Bertz CT molecular complexity index is 829. The van der Waals surface area contributed by atoms with Gasteiger partial charge >= 0.3 is 0 Å². The lowest BCUT2D eigenvalue weighted by Gasteiger charge is -2.02. The molecule has 21 heavy (non-hydrogen) atoms. The third-order valence-corrected chi connectivity index (χ3v) is 3.48. The number of nitrogen functional groups attached to an aromatic ring is 1. The van der Waals surface area contributed by atoms with E-state index in [1.807, 2.05) is 4.68 Å². The van der Waals surface area contributed by atoms with E-state index in [4.69, 9.17) is 22.1 Å². The third kappa shape index (κ3) is 2.15. The van der Waals surface area contributed by atoms with Crippen LogP contribution in [0.3, 0.4) is 0 Å². The van der Waals surface area contributed by atoms with Crippen LogP contribution in [0.5, 0.6) is 11.8 Å². The highest BCUT2D eigenvalue weighted by Gasteiger charge is 2.29. The Kier molecular flexibility index (Phi) is 2.68. The summed E-state index contributed by atoms with van der Waals surface area (Å²) in [6, 6.07) is 5.48. The second-order valence-corrected chi connectivity index (χ2v) is 5.23. The molecule has 3 aromatic rings. The minimum absolute atomic E-state index is 0.337. The van der Waals surface area contributed by atoms with Gasteiger partial charge in [-0.25, -0.2) is 19.6 Å². The van der Waals surface area contributed by atoms with E-state index in [0.29, 0.717) is 39.8 Å². The average Bonchev–Trinajstić information content (AvgIpc) is 3.23. The number of nitrogens with two attached hydrogens (primary N) is 1. The first-order valence-electron chi connectivity index (χ1n) is 6.51. The minimum Gasteiger partial charge on any atom is -0.418 e.